The molecule has 35 heavy (non-hydrogen) atoms. The van der Waals surface area contributed by atoms with Gasteiger partial charge >= 0.3 is 11.9 Å². The van der Waals surface area contributed by atoms with Crippen molar-refractivity contribution in [3.63, 3.8) is 0 Å². The Labute approximate surface area is 211 Å². The topological polar surface area (TPSA) is 89.5 Å². The molecule has 0 atom stereocenters. The lowest BCUT2D eigenvalue weighted by molar-refractivity contribution is -0.514. The normalized spacial score (nSPS) is 11.4. The van der Waals surface area contributed by atoms with Crippen molar-refractivity contribution >= 4 is 11.9 Å². The molecular formula is C27H46O8. The van der Waals surface area contributed by atoms with Crippen molar-refractivity contribution in [1.29, 1.82) is 0 Å². The van der Waals surface area contributed by atoms with E-state index in [1.165, 1.54) is 44.9 Å². The largest absolute Gasteiger partial charge is 0.376 e. The van der Waals surface area contributed by atoms with E-state index in [-0.39, 0.29) is 5.97 Å². The predicted octanol–water partition coefficient (Wildman–Crippen LogP) is 7.62. The van der Waals surface area contributed by atoms with Crippen molar-refractivity contribution in [2.45, 2.75) is 124 Å². The van der Waals surface area contributed by atoms with Crippen LogP contribution in [0.25, 0.3) is 0 Å². The van der Waals surface area contributed by atoms with E-state index in [0.29, 0.717) is 12.0 Å². The highest BCUT2D eigenvalue weighted by Crippen LogP contribution is 2.12. The Bertz CT molecular complexity index is 662. The fraction of sp³-hybridized carbons (Fsp3) is 0.704. The van der Waals surface area contributed by atoms with Crippen molar-refractivity contribution in [3.05, 3.63) is 35.9 Å². The van der Waals surface area contributed by atoms with Gasteiger partial charge in [-0.3, -0.25) is 9.78 Å². The van der Waals surface area contributed by atoms with Crippen LogP contribution in [0.5, 0.6) is 0 Å². The molecule has 1 aromatic rings. The summed E-state index contributed by atoms with van der Waals surface area (Å²) in [5.41, 5.74) is -0.579. The molecule has 8 heteroatoms. The minimum absolute atomic E-state index is 0.364. The smallest absolute Gasteiger partial charge is 0.269 e. The first-order valence-corrected chi connectivity index (χ1v) is 12.6. The third-order valence-electron chi connectivity index (χ3n) is 4.30. The van der Waals surface area contributed by atoms with Crippen LogP contribution in [0, 0.1) is 0 Å². The van der Waals surface area contributed by atoms with Crippen LogP contribution in [-0.4, -0.2) is 23.1 Å². The molecule has 8 nitrogen and oxygen atoms in total. The minimum atomic E-state index is -0.583. The monoisotopic (exact) mass is 498 g/mol. The van der Waals surface area contributed by atoms with Gasteiger partial charge in [0.15, 0.2) is 0 Å². The van der Waals surface area contributed by atoms with E-state index in [0.717, 1.165) is 12.8 Å². The molecule has 0 fully saturated rings. The number of hydrogen-bond acceptors (Lipinski definition) is 8. The number of rotatable bonds is 15. The molecule has 0 N–H and O–H groups in total. The van der Waals surface area contributed by atoms with Gasteiger partial charge in [0.2, 0.25) is 0 Å². The molecule has 0 unspecified atom stereocenters. The van der Waals surface area contributed by atoms with Crippen LogP contribution in [0.15, 0.2) is 30.3 Å². The van der Waals surface area contributed by atoms with Crippen LogP contribution in [-0.2, 0) is 34.4 Å². The first-order valence-electron chi connectivity index (χ1n) is 12.6. The summed E-state index contributed by atoms with van der Waals surface area (Å²) in [6, 6.07) is 8.54. The quantitative estimate of drug-likeness (QED) is 0.139. The van der Waals surface area contributed by atoms with Gasteiger partial charge in [-0.05, 0) is 70.2 Å². The van der Waals surface area contributed by atoms with E-state index in [1.807, 2.05) is 26.8 Å². The van der Waals surface area contributed by atoms with Gasteiger partial charge < -0.3 is 0 Å². The van der Waals surface area contributed by atoms with E-state index >= 15 is 0 Å². The molecular weight excluding hydrogens is 452 g/mol. The zero-order valence-electron chi connectivity index (χ0n) is 22.7. The molecule has 0 aliphatic heterocycles. The molecule has 0 radical (unpaired) electrons. The van der Waals surface area contributed by atoms with Gasteiger partial charge in [0.25, 0.3) is 0 Å². The Kier molecular flexibility index (Phi) is 18.1. The van der Waals surface area contributed by atoms with Crippen molar-refractivity contribution in [2.24, 2.45) is 0 Å². The molecule has 0 heterocycles. The number of benzene rings is 1. The number of carbonyl (C=O) groups is 2. The van der Waals surface area contributed by atoms with Crippen LogP contribution in [0.4, 0.5) is 0 Å². The molecule has 0 aliphatic carbocycles. The highest BCUT2D eigenvalue weighted by molar-refractivity contribution is 5.88. The molecule has 0 aromatic heterocycles. The standard InChI is InChI=1S/C16H32O4.C11H14O4/c1-5-6-7-8-9-10-11-12-13-14-15(17)18-20-19-16(2,3)4;1-11(2,3)14-15-13-10(12)9-7-5-4-6-8-9/h5-14H2,1-4H3;4-8H,1-3H3. The lowest BCUT2D eigenvalue weighted by Gasteiger charge is -2.15. The summed E-state index contributed by atoms with van der Waals surface area (Å²) in [4.78, 5) is 41.2. The Morgan fingerprint density at radius 2 is 1.11 bits per heavy atom. The van der Waals surface area contributed by atoms with Crippen LogP contribution in [0.2, 0.25) is 0 Å². The van der Waals surface area contributed by atoms with Gasteiger partial charge in [0.1, 0.15) is 0 Å². The third kappa shape index (κ3) is 23.5. The van der Waals surface area contributed by atoms with Crippen LogP contribution in [0.1, 0.15) is 123 Å². The summed E-state index contributed by atoms with van der Waals surface area (Å²) >= 11 is 0. The third-order valence-corrected chi connectivity index (χ3v) is 4.30. The fourth-order valence-electron chi connectivity index (χ4n) is 2.55. The van der Waals surface area contributed by atoms with Crippen molar-refractivity contribution in [1.82, 2.24) is 0 Å². The van der Waals surface area contributed by atoms with Gasteiger partial charge in [-0.15, -0.1) is 0 Å². The first-order chi connectivity index (χ1) is 16.4. The van der Waals surface area contributed by atoms with Crippen LogP contribution in [0.3, 0.4) is 0 Å². The van der Waals surface area contributed by atoms with E-state index in [4.69, 9.17) is 9.78 Å². The Hall–Kier alpha value is -2.00. The summed E-state index contributed by atoms with van der Waals surface area (Å²) in [5.74, 6) is -0.947. The van der Waals surface area contributed by atoms with Crippen molar-refractivity contribution in [2.75, 3.05) is 0 Å². The molecule has 0 spiro atoms. The Morgan fingerprint density at radius 3 is 1.60 bits per heavy atom. The summed E-state index contributed by atoms with van der Waals surface area (Å²) in [5, 5.41) is 8.81. The molecule has 202 valence electrons. The van der Waals surface area contributed by atoms with E-state index < -0.39 is 17.2 Å². The molecule has 0 aliphatic rings. The Morgan fingerprint density at radius 1 is 0.657 bits per heavy atom. The number of unbranched alkanes of at least 4 members (excludes halogenated alkanes) is 8. The zero-order valence-corrected chi connectivity index (χ0v) is 22.7. The van der Waals surface area contributed by atoms with E-state index in [9.17, 15) is 9.59 Å². The maximum atomic E-state index is 11.3. The van der Waals surface area contributed by atoms with Crippen molar-refractivity contribution < 1.29 is 39.2 Å². The molecule has 0 bridgehead atoms. The number of hydrogen-bond donors (Lipinski definition) is 0. The summed E-state index contributed by atoms with van der Waals surface area (Å²) in [6.45, 7) is 13.0. The van der Waals surface area contributed by atoms with Crippen LogP contribution >= 0.6 is 0 Å². The molecule has 0 amide bonds. The molecule has 0 saturated carbocycles. The van der Waals surface area contributed by atoms with Gasteiger partial charge in [-0.2, -0.15) is 9.78 Å². The number of carbonyl (C=O) groups excluding carboxylic acids is 2. The SMILES string of the molecule is CC(C)(C)OOOC(=O)c1ccccc1.CCCCCCCCCCCC(=O)OOOC(C)(C)C. The average molecular weight is 499 g/mol. The fourth-order valence-corrected chi connectivity index (χ4v) is 2.55. The average Bonchev–Trinajstić information content (AvgIpc) is 2.77. The zero-order chi connectivity index (χ0) is 26.6. The second-order valence-corrected chi connectivity index (χ2v) is 10.3. The molecule has 1 aromatic carbocycles. The summed E-state index contributed by atoms with van der Waals surface area (Å²) in [7, 11) is 0. The van der Waals surface area contributed by atoms with Crippen molar-refractivity contribution in [3.8, 4) is 0 Å². The predicted molar refractivity (Wildman–Crippen MR) is 134 cm³/mol. The van der Waals surface area contributed by atoms with E-state index in [1.54, 1.807) is 45.0 Å². The van der Waals surface area contributed by atoms with Gasteiger partial charge in [-0.1, -0.05) is 76.5 Å². The minimum Gasteiger partial charge on any atom is -0.269 e. The second-order valence-electron chi connectivity index (χ2n) is 10.3. The van der Waals surface area contributed by atoms with Gasteiger partial charge in [0.05, 0.1) is 16.8 Å². The highest BCUT2D eigenvalue weighted by Gasteiger charge is 2.15. The lowest BCUT2D eigenvalue weighted by atomic mass is 10.1. The van der Waals surface area contributed by atoms with Gasteiger partial charge in [0, 0.05) is 6.42 Å². The molecule has 0 saturated heterocycles. The van der Waals surface area contributed by atoms with Crippen LogP contribution < -0.4 is 0 Å². The first kappa shape index (κ1) is 33.0. The maximum absolute atomic E-state index is 11.3. The summed E-state index contributed by atoms with van der Waals surface area (Å²) in [6.07, 6.45) is 11.4. The molecule has 1 rings (SSSR count). The van der Waals surface area contributed by atoms with E-state index in [2.05, 4.69) is 26.8 Å². The maximum Gasteiger partial charge on any atom is 0.376 e. The Balaban J connectivity index is 0.000000686. The summed E-state index contributed by atoms with van der Waals surface area (Å²) < 4.78 is 0. The van der Waals surface area contributed by atoms with Gasteiger partial charge in [-0.25, -0.2) is 9.59 Å². The highest BCUT2D eigenvalue weighted by atomic mass is 17.5. The second kappa shape index (κ2) is 19.2. The lowest BCUT2D eigenvalue weighted by Crippen LogP contribution is -2.20.